The average molecular weight is 213 g/mol. The topological polar surface area (TPSA) is 82.7 Å². The third-order valence-electron chi connectivity index (χ3n) is 2.18. The van der Waals surface area contributed by atoms with Gasteiger partial charge in [0.2, 0.25) is 0 Å². The van der Waals surface area contributed by atoms with Crippen LogP contribution in [0.1, 0.15) is 29.5 Å². The van der Waals surface area contributed by atoms with E-state index in [1.165, 1.54) is 12.3 Å². The monoisotopic (exact) mass is 213 g/mol. The Morgan fingerprint density at radius 2 is 2.40 bits per heavy atom. The molecule has 1 atom stereocenters. The van der Waals surface area contributed by atoms with Crippen molar-refractivity contribution in [1.29, 1.82) is 0 Å². The third kappa shape index (κ3) is 3.38. The number of aliphatic hydroxyl groups is 1. The first-order valence-electron chi connectivity index (χ1n) is 4.82. The van der Waals surface area contributed by atoms with Crippen LogP contribution in [0.2, 0.25) is 0 Å². The number of furan rings is 1. The van der Waals surface area contributed by atoms with Crippen LogP contribution < -0.4 is 5.32 Å². The summed E-state index contributed by atoms with van der Waals surface area (Å²) in [6.07, 6.45) is 2.02. The molecule has 15 heavy (non-hydrogen) atoms. The molecule has 0 saturated carbocycles. The molecule has 0 aliphatic rings. The zero-order chi connectivity index (χ0) is 11.3. The van der Waals surface area contributed by atoms with Gasteiger partial charge in [0.05, 0.1) is 18.7 Å². The summed E-state index contributed by atoms with van der Waals surface area (Å²) in [4.78, 5) is 10.5. The maximum absolute atomic E-state index is 10.5. The number of hydrogen-bond acceptors (Lipinski definition) is 4. The van der Waals surface area contributed by atoms with E-state index in [0.29, 0.717) is 12.3 Å². The summed E-state index contributed by atoms with van der Waals surface area (Å²) in [5.74, 6) is -0.446. The molecule has 0 unspecified atom stereocenters. The number of aromatic carboxylic acids is 1. The zero-order valence-corrected chi connectivity index (χ0v) is 8.56. The quantitative estimate of drug-likeness (QED) is 0.652. The molecule has 5 heteroatoms. The van der Waals surface area contributed by atoms with E-state index in [1.54, 1.807) is 0 Å². The van der Waals surface area contributed by atoms with Gasteiger partial charge in [-0.3, -0.25) is 0 Å². The van der Waals surface area contributed by atoms with Gasteiger partial charge in [-0.1, -0.05) is 6.92 Å². The van der Waals surface area contributed by atoms with E-state index >= 15 is 0 Å². The highest BCUT2D eigenvalue weighted by Crippen LogP contribution is 2.07. The van der Waals surface area contributed by atoms with Crippen molar-refractivity contribution in [2.24, 2.45) is 0 Å². The molecule has 0 aromatic carbocycles. The standard InChI is InChI=1S/C10H15NO4/c1-2-8(5-12)11-4-9-3-7(6-15-9)10(13)14/h3,6,8,11-12H,2,4-5H2,1H3,(H,13,14)/t8-/m1/s1. The van der Waals surface area contributed by atoms with Gasteiger partial charge < -0.3 is 19.9 Å². The van der Waals surface area contributed by atoms with Crippen LogP contribution in [-0.4, -0.2) is 28.8 Å². The highest BCUT2D eigenvalue weighted by Gasteiger charge is 2.09. The minimum Gasteiger partial charge on any atom is -0.478 e. The van der Waals surface area contributed by atoms with Crippen molar-refractivity contribution < 1.29 is 19.4 Å². The lowest BCUT2D eigenvalue weighted by Crippen LogP contribution is -2.30. The summed E-state index contributed by atoms with van der Waals surface area (Å²) < 4.78 is 5.04. The molecule has 1 aromatic rings. The van der Waals surface area contributed by atoms with Crippen molar-refractivity contribution in [3.63, 3.8) is 0 Å². The molecule has 0 saturated heterocycles. The van der Waals surface area contributed by atoms with Gasteiger partial charge in [0.15, 0.2) is 0 Å². The first kappa shape index (κ1) is 11.7. The fraction of sp³-hybridized carbons (Fsp3) is 0.500. The molecule has 1 aromatic heterocycles. The zero-order valence-electron chi connectivity index (χ0n) is 8.56. The molecule has 0 aliphatic heterocycles. The molecule has 1 rings (SSSR count). The molecular formula is C10H15NO4. The molecule has 0 aliphatic carbocycles. The van der Waals surface area contributed by atoms with E-state index < -0.39 is 5.97 Å². The maximum Gasteiger partial charge on any atom is 0.338 e. The lowest BCUT2D eigenvalue weighted by atomic mass is 10.2. The van der Waals surface area contributed by atoms with Crippen molar-refractivity contribution in [2.45, 2.75) is 25.9 Å². The van der Waals surface area contributed by atoms with Gasteiger partial charge in [0, 0.05) is 6.04 Å². The minimum absolute atomic E-state index is 0.0170. The van der Waals surface area contributed by atoms with Gasteiger partial charge in [0.25, 0.3) is 0 Å². The third-order valence-corrected chi connectivity index (χ3v) is 2.18. The van der Waals surface area contributed by atoms with Crippen LogP contribution in [-0.2, 0) is 6.54 Å². The van der Waals surface area contributed by atoms with Crippen LogP contribution in [0.4, 0.5) is 0 Å². The van der Waals surface area contributed by atoms with Gasteiger partial charge in [-0.25, -0.2) is 4.79 Å². The molecule has 5 nitrogen and oxygen atoms in total. The van der Waals surface area contributed by atoms with Gasteiger partial charge in [-0.05, 0) is 12.5 Å². The van der Waals surface area contributed by atoms with Crippen LogP contribution in [0.5, 0.6) is 0 Å². The second kappa shape index (κ2) is 5.53. The van der Waals surface area contributed by atoms with Gasteiger partial charge in [-0.15, -0.1) is 0 Å². The lowest BCUT2D eigenvalue weighted by molar-refractivity contribution is 0.0696. The molecule has 1 heterocycles. The number of rotatable bonds is 6. The Bertz CT molecular complexity index is 317. The van der Waals surface area contributed by atoms with E-state index in [-0.39, 0.29) is 18.2 Å². The van der Waals surface area contributed by atoms with Crippen molar-refractivity contribution in [3.8, 4) is 0 Å². The van der Waals surface area contributed by atoms with Crippen LogP contribution in [0.3, 0.4) is 0 Å². The van der Waals surface area contributed by atoms with E-state index in [2.05, 4.69) is 5.32 Å². The van der Waals surface area contributed by atoms with Crippen LogP contribution in [0.15, 0.2) is 16.7 Å². The van der Waals surface area contributed by atoms with E-state index in [9.17, 15) is 4.79 Å². The maximum atomic E-state index is 10.5. The Labute approximate surface area is 87.7 Å². The van der Waals surface area contributed by atoms with Crippen LogP contribution >= 0.6 is 0 Å². The Morgan fingerprint density at radius 1 is 1.67 bits per heavy atom. The molecule has 0 fully saturated rings. The molecule has 84 valence electrons. The summed E-state index contributed by atoms with van der Waals surface area (Å²) in [5.41, 5.74) is 0.142. The Morgan fingerprint density at radius 3 is 2.87 bits per heavy atom. The van der Waals surface area contributed by atoms with E-state index in [0.717, 1.165) is 6.42 Å². The van der Waals surface area contributed by atoms with Crippen LogP contribution in [0.25, 0.3) is 0 Å². The Balaban J connectivity index is 2.47. The summed E-state index contributed by atoms with van der Waals surface area (Å²) in [5, 5.41) is 20.6. The van der Waals surface area contributed by atoms with Crippen molar-refractivity contribution in [3.05, 3.63) is 23.7 Å². The molecule has 0 amide bonds. The molecule has 0 radical (unpaired) electrons. The summed E-state index contributed by atoms with van der Waals surface area (Å²) in [6, 6.07) is 1.49. The summed E-state index contributed by atoms with van der Waals surface area (Å²) in [6.45, 7) is 2.44. The number of aliphatic hydroxyl groups excluding tert-OH is 1. The summed E-state index contributed by atoms with van der Waals surface area (Å²) >= 11 is 0. The Kier molecular flexibility index (Phi) is 4.33. The van der Waals surface area contributed by atoms with Crippen molar-refractivity contribution in [2.75, 3.05) is 6.61 Å². The molecular weight excluding hydrogens is 198 g/mol. The second-order valence-corrected chi connectivity index (χ2v) is 3.28. The van der Waals surface area contributed by atoms with E-state index in [1.807, 2.05) is 6.92 Å². The van der Waals surface area contributed by atoms with Gasteiger partial charge >= 0.3 is 5.97 Å². The average Bonchev–Trinajstić information content (AvgIpc) is 2.68. The first-order chi connectivity index (χ1) is 7.17. The van der Waals surface area contributed by atoms with Gasteiger partial charge in [-0.2, -0.15) is 0 Å². The highest BCUT2D eigenvalue weighted by atomic mass is 16.4. The SMILES string of the molecule is CC[C@H](CO)NCc1cc(C(=O)O)co1. The second-order valence-electron chi connectivity index (χ2n) is 3.28. The van der Waals surface area contributed by atoms with E-state index in [4.69, 9.17) is 14.6 Å². The van der Waals surface area contributed by atoms with Crippen molar-refractivity contribution in [1.82, 2.24) is 5.32 Å². The fourth-order valence-corrected chi connectivity index (χ4v) is 1.17. The molecule has 0 spiro atoms. The molecule has 0 bridgehead atoms. The predicted octanol–water partition coefficient (Wildman–Crippen LogP) is 0.838. The summed E-state index contributed by atoms with van der Waals surface area (Å²) in [7, 11) is 0. The van der Waals surface area contributed by atoms with Gasteiger partial charge in [0.1, 0.15) is 12.0 Å². The fourth-order valence-electron chi connectivity index (χ4n) is 1.17. The Hall–Kier alpha value is -1.33. The smallest absolute Gasteiger partial charge is 0.338 e. The first-order valence-corrected chi connectivity index (χ1v) is 4.82. The number of carboxylic acids is 1. The normalized spacial score (nSPS) is 12.7. The minimum atomic E-state index is -1.00. The molecule has 3 N–H and O–H groups in total. The predicted molar refractivity (Wildman–Crippen MR) is 53.7 cm³/mol. The number of hydrogen-bond donors (Lipinski definition) is 3. The lowest BCUT2D eigenvalue weighted by Gasteiger charge is -2.11. The highest BCUT2D eigenvalue weighted by molar-refractivity contribution is 5.87. The van der Waals surface area contributed by atoms with Crippen molar-refractivity contribution >= 4 is 5.97 Å². The number of carbonyl (C=O) groups is 1. The number of nitrogens with one attached hydrogen (secondary N) is 1. The number of carboxylic acid groups (broad SMARTS) is 1. The van der Waals surface area contributed by atoms with Crippen LogP contribution in [0, 0.1) is 0 Å². The largest absolute Gasteiger partial charge is 0.478 e.